The lowest BCUT2D eigenvalue weighted by Gasteiger charge is -2.19. The van der Waals surface area contributed by atoms with Crippen LogP contribution < -0.4 is 10.6 Å². The molecule has 1 unspecified atom stereocenters. The zero-order valence-electron chi connectivity index (χ0n) is 12.7. The van der Waals surface area contributed by atoms with Gasteiger partial charge in [-0.05, 0) is 38.0 Å². The van der Waals surface area contributed by atoms with Crippen LogP contribution in [0, 0.1) is 6.92 Å². The van der Waals surface area contributed by atoms with E-state index in [1.807, 2.05) is 0 Å². The Morgan fingerprint density at radius 1 is 0.750 bits per heavy atom. The lowest BCUT2D eigenvalue weighted by atomic mass is 10.2. The van der Waals surface area contributed by atoms with Gasteiger partial charge in [-0.2, -0.15) is 0 Å². The summed E-state index contributed by atoms with van der Waals surface area (Å²) < 4.78 is 0. The second kappa shape index (κ2) is 8.22. The number of hydrogen-bond acceptors (Lipinski definition) is 0. The van der Waals surface area contributed by atoms with Crippen molar-refractivity contribution < 1.29 is 0 Å². The van der Waals surface area contributed by atoms with Crippen molar-refractivity contribution in [2.24, 2.45) is 0 Å². The maximum Gasteiger partial charge on any atom is -0.0195 e. The molecule has 0 aromatic heterocycles. The molecular formula is C19H25P. The second-order valence-corrected chi connectivity index (χ2v) is 7.72. The molecule has 0 bridgehead atoms. The molecule has 0 aliphatic rings. The fourth-order valence-electron chi connectivity index (χ4n) is 2.44. The van der Waals surface area contributed by atoms with E-state index >= 15 is 0 Å². The van der Waals surface area contributed by atoms with Gasteiger partial charge in [-0.25, -0.2) is 0 Å². The van der Waals surface area contributed by atoms with Crippen LogP contribution in [-0.4, -0.2) is 6.16 Å². The van der Waals surface area contributed by atoms with Gasteiger partial charge in [0.1, 0.15) is 0 Å². The SMILES string of the molecule is CCCCCCP(c1ccccc1)c1ccc(C)cc1. The van der Waals surface area contributed by atoms with E-state index in [1.165, 1.54) is 48.0 Å². The summed E-state index contributed by atoms with van der Waals surface area (Å²) in [6.07, 6.45) is 6.72. The molecule has 0 N–H and O–H groups in total. The Bertz CT molecular complexity index is 487. The highest BCUT2D eigenvalue weighted by atomic mass is 31.1. The zero-order chi connectivity index (χ0) is 14.2. The Kier molecular flexibility index (Phi) is 6.27. The third kappa shape index (κ3) is 4.46. The van der Waals surface area contributed by atoms with Crippen LogP contribution in [0.3, 0.4) is 0 Å². The van der Waals surface area contributed by atoms with E-state index in [4.69, 9.17) is 0 Å². The first-order valence-corrected chi connectivity index (χ1v) is 9.23. The molecule has 0 radical (unpaired) electrons. The highest BCUT2D eigenvalue weighted by Gasteiger charge is 2.12. The van der Waals surface area contributed by atoms with Crippen LogP contribution in [0.15, 0.2) is 54.6 Å². The van der Waals surface area contributed by atoms with E-state index < -0.39 is 0 Å². The Labute approximate surface area is 125 Å². The van der Waals surface area contributed by atoms with Gasteiger partial charge in [0.25, 0.3) is 0 Å². The molecule has 0 amide bonds. The minimum absolute atomic E-state index is 0.180. The van der Waals surface area contributed by atoms with Crippen LogP contribution >= 0.6 is 7.92 Å². The molecule has 0 nitrogen and oxygen atoms in total. The van der Waals surface area contributed by atoms with Gasteiger partial charge in [0.05, 0.1) is 0 Å². The van der Waals surface area contributed by atoms with Crippen LogP contribution in [-0.2, 0) is 0 Å². The van der Waals surface area contributed by atoms with Crippen LogP contribution in [0.2, 0.25) is 0 Å². The molecule has 20 heavy (non-hydrogen) atoms. The van der Waals surface area contributed by atoms with Crippen molar-refractivity contribution in [1.82, 2.24) is 0 Å². The Morgan fingerprint density at radius 2 is 1.40 bits per heavy atom. The summed E-state index contributed by atoms with van der Waals surface area (Å²) in [5, 5.41) is 3.04. The summed E-state index contributed by atoms with van der Waals surface area (Å²) in [6.45, 7) is 4.44. The summed E-state index contributed by atoms with van der Waals surface area (Å²) in [7, 11) is -0.180. The van der Waals surface area contributed by atoms with Gasteiger partial charge in [-0.1, -0.05) is 86.3 Å². The monoisotopic (exact) mass is 284 g/mol. The zero-order valence-corrected chi connectivity index (χ0v) is 13.6. The Morgan fingerprint density at radius 3 is 2.05 bits per heavy atom. The van der Waals surface area contributed by atoms with E-state index in [0.29, 0.717) is 0 Å². The second-order valence-electron chi connectivity index (χ2n) is 5.38. The first-order valence-electron chi connectivity index (χ1n) is 7.70. The maximum atomic E-state index is 2.33. The molecule has 0 spiro atoms. The fourth-order valence-corrected chi connectivity index (χ4v) is 4.83. The van der Waals surface area contributed by atoms with Crippen LogP contribution in [0.1, 0.15) is 38.2 Å². The summed E-state index contributed by atoms with van der Waals surface area (Å²) in [5.41, 5.74) is 1.35. The van der Waals surface area contributed by atoms with E-state index in [0.717, 1.165) is 0 Å². The molecule has 2 rings (SSSR count). The third-order valence-corrected chi connectivity index (χ3v) is 6.26. The average Bonchev–Trinajstić information content (AvgIpc) is 2.50. The minimum atomic E-state index is -0.180. The van der Waals surface area contributed by atoms with Crippen LogP contribution in [0.25, 0.3) is 0 Å². The van der Waals surface area contributed by atoms with Crippen molar-refractivity contribution in [3.63, 3.8) is 0 Å². The lowest BCUT2D eigenvalue weighted by molar-refractivity contribution is 0.705. The van der Waals surface area contributed by atoms with Crippen LogP contribution in [0.4, 0.5) is 0 Å². The van der Waals surface area contributed by atoms with Gasteiger partial charge in [-0.15, -0.1) is 0 Å². The van der Waals surface area contributed by atoms with Crippen molar-refractivity contribution in [3.8, 4) is 0 Å². The van der Waals surface area contributed by atoms with E-state index in [-0.39, 0.29) is 7.92 Å². The largest absolute Gasteiger partial charge is 0.0654 e. The first kappa shape index (κ1) is 15.3. The molecule has 0 aliphatic carbocycles. The van der Waals surface area contributed by atoms with Gasteiger partial charge in [-0.3, -0.25) is 0 Å². The predicted molar refractivity (Wildman–Crippen MR) is 92.8 cm³/mol. The average molecular weight is 284 g/mol. The first-order chi connectivity index (χ1) is 9.81. The number of unbranched alkanes of at least 4 members (excludes halogenated alkanes) is 3. The Hall–Kier alpha value is -1.13. The molecule has 0 fully saturated rings. The molecule has 0 heterocycles. The summed E-state index contributed by atoms with van der Waals surface area (Å²) in [5.74, 6) is 0. The highest BCUT2D eigenvalue weighted by molar-refractivity contribution is 7.73. The van der Waals surface area contributed by atoms with Gasteiger partial charge in [0.15, 0.2) is 0 Å². The number of aryl methyl sites for hydroxylation is 1. The van der Waals surface area contributed by atoms with Gasteiger partial charge >= 0.3 is 0 Å². The highest BCUT2D eigenvalue weighted by Crippen LogP contribution is 2.34. The van der Waals surface area contributed by atoms with E-state index in [9.17, 15) is 0 Å². The minimum Gasteiger partial charge on any atom is -0.0654 e. The van der Waals surface area contributed by atoms with Crippen molar-refractivity contribution in [2.45, 2.75) is 39.5 Å². The van der Waals surface area contributed by atoms with E-state index in [2.05, 4.69) is 68.4 Å². The van der Waals surface area contributed by atoms with E-state index in [1.54, 1.807) is 0 Å². The molecular weight excluding hydrogens is 259 g/mol. The predicted octanol–water partition coefficient (Wildman–Crippen LogP) is 5.01. The van der Waals surface area contributed by atoms with Gasteiger partial charge in [0.2, 0.25) is 0 Å². The summed E-state index contributed by atoms with van der Waals surface area (Å²) in [6, 6.07) is 20.2. The molecule has 0 saturated heterocycles. The molecule has 2 aromatic rings. The number of rotatable bonds is 7. The lowest BCUT2D eigenvalue weighted by Crippen LogP contribution is -2.14. The summed E-state index contributed by atoms with van der Waals surface area (Å²) >= 11 is 0. The third-order valence-electron chi connectivity index (χ3n) is 3.65. The Balaban J connectivity index is 2.13. The normalized spacial score (nSPS) is 12.3. The van der Waals surface area contributed by atoms with Crippen molar-refractivity contribution in [3.05, 3.63) is 60.2 Å². The molecule has 1 heteroatoms. The van der Waals surface area contributed by atoms with Crippen LogP contribution in [0.5, 0.6) is 0 Å². The van der Waals surface area contributed by atoms with Gasteiger partial charge in [0, 0.05) is 0 Å². The fraction of sp³-hybridized carbons (Fsp3) is 0.368. The molecule has 106 valence electrons. The maximum absolute atomic E-state index is 2.33. The smallest absolute Gasteiger partial charge is 0.0195 e. The molecule has 1 atom stereocenters. The topological polar surface area (TPSA) is 0 Å². The van der Waals surface area contributed by atoms with Crippen molar-refractivity contribution in [1.29, 1.82) is 0 Å². The molecule has 0 aliphatic heterocycles. The number of hydrogen-bond donors (Lipinski definition) is 0. The van der Waals surface area contributed by atoms with Crippen molar-refractivity contribution >= 4 is 18.5 Å². The quantitative estimate of drug-likeness (QED) is 0.495. The van der Waals surface area contributed by atoms with Crippen molar-refractivity contribution in [2.75, 3.05) is 6.16 Å². The number of benzene rings is 2. The summed E-state index contributed by atoms with van der Waals surface area (Å²) in [4.78, 5) is 0. The standard InChI is InChI=1S/C19H25P/c1-3-4-5-9-16-20(18-10-7-6-8-11-18)19-14-12-17(2)13-15-19/h6-8,10-15H,3-5,9,16H2,1-2H3. The van der Waals surface area contributed by atoms with Gasteiger partial charge < -0.3 is 0 Å². The molecule has 0 saturated carbocycles. The molecule has 2 aromatic carbocycles.